The molecule has 4 rings (SSSR count). The summed E-state index contributed by atoms with van der Waals surface area (Å²) in [6.45, 7) is 2.81. The Labute approximate surface area is 200 Å². The average molecular weight is 486 g/mol. The quantitative estimate of drug-likeness (QED) is 0.577. The van der Waals surface area contributed by atoms with Gasteiger partial charge >= 0.3 is 5.97 Å². The molecule has 34 heavy (non-hydrogen) atoms. The molecule has 0 spiro atoms. The lowest BCUT2D eigenvalue weighted by molar-refractivity contribution is -0.146. The number of anilines is 2. The largest absolute Gasteiger partial charge is 0.455 e. The summed E-state index contributed by atoms with van der Waals surface area (Å²) in [4.78, 5) is 26.8. The van der Waals surface area contributed by atoms with Crippen molar-refractivity contribution in [3.63, 3.8) is 0 Å². The number of sulfonamides is 1. The number of nitrogens with one attached hydrogen (secondary N) is 1. The Morgan fingerprint density at radius 3 is 2.09 bits per heavy atom. The Kier molecular flexibility index (Phi) is 7.84. The van der Waals surface area contributed by atoms with Crippen LogP contribution in [0.15, 0.2) is 53.4 Å². The van der Waals surface area contributed by atoms with Crippen LogP contribution in [0.2, 0.25) is 0 Å². The summed E-state index contributed by atoms with van der Waals surface area (Å²) in [5, 5.41) is 2.73. The van der Waals surface area contributed by atoms with E-state index < -0.39 is 21.9 Å². The minimum absolute atomic E-state index is 0.0398. The van der Waals surface area contributed by atoms with Gasteiger partial charge in [0.1, 0.15) is 0 Å². The molecule has 8 nitrogen and oxygen atoms in total. The molecule has 2 aromatic carbocycles. The summed E-state index contributed by atoms with van der Waals surface area (Å²) >= 11 is 0. The lowest BCUT2D eigenvalue weighted by Gasteiger charge is -2.25. The number of carbonyl (C=O) groups is 2. The van der Waals surface area contributed by atoms with Crippen LogP contribution in [0.25, 0.3) is 0 Å². The van der Waals surface area contributed by atoms with Gasteiger partial charge in [0.2, 0.25) is 10.0 Å². The molecule has 2 fully saturated rings. The normalized spacial score (nSPS) is 16.9. The van der Waals surface area contributed by atoms with Crippen LogP contribution in [0.1, 0.15) is 37.7 Å². The van der Waals surface area contributed by atoms with Crippen LogP contribution in [0.5, 0.6) is 0 Å². The van der Waals surface area contributed by atoms with Gasteiger partial charge in [0.25, 0.3) is 5.91 Å². The number of amides is 1. The van der Waals surface area contributed by atoms with Crippen molar-refractivity contribution in [2.75, 3.05) is 43.0 Å². The second-order valence-electron chi connectivity index (χ2n) is 8.74. The van der Waals surface area contributed by atoms with Crippen LogP contribution in [0.3, 0.4) is 0 Å². The first-order valence-corrected chi connectivity index (χ1v) is 13.3. The van der Waals surface area contributed by atoms with Crippen molar-refractivity contribution in [1.29, 1.82) is 0 Å². The Morgan fingerprint density at radius 2 is 1.44 bits per heavy atom. The van der Waals surface area contributed by atoms with Gasteiger partial charge in [0.15, 0.2) is 6.61 Å². The van der Waals surface area contributed by atoms with Gasteiger partial charge in [-0.1, -0.05) is 18.6 Å². The van der Waals surface area contributed by atoms with Gasteiger partial charge in [0.05, 0.1) is 11.3 Å². The fourth-order valence-corrected chi connectivity index (χ4v) is 5.84. The monoisotopic (exact) mass is 485 g/mol. The van der Waals surface area contributed by atoms with Crippen LogP contribution in [-0.2, 0) is 30.8 Å². The number of hydrogen-bond acceptors (Lipinski definition) is 6. The van der Waals surface area contributed by atoms with Crippen molar-refractivity contribution < 1.29 is 22.7 Å². The summed E-state index contributed by atoms with van der Waals surface area (Å²) < 4.78 is 32.0. The number of nitrogens with zero attached hydrogens (tertiary/aromatic N) is 2. The van der Waals surface area contributed by atoms with Gasteiger partial charge < -0.3 is 15.0 Å². The number of carbonyl (C=O) groups excluding carboxylic acids is 2. The first-order chi connectivity index (χ1) is 16.4. The molecule has 0 unspecified atom stereocenters. The van der Waals surface area contributed by atoms with Crippen molar-refractivity contribution in [3.8, 4) is 0 Å². The maximum absolute atomic E-state index is 12.7. The first kappa shape index (κ1) is 24.2. The smallest absolute Gasteiger partial charge is 0.310 e. The highest BCUT2D eigenvalue weighted by Crippen LogP contribution is 2.23. The standard InChI is InChI=1S/C25H31N3O5S/c29-24(26-21-8-10-22(11-9-21)27-14-4-5-15-27)19-33-25(30)18-20-6-12-23(13-7-20)34(31,32)28-16-2-1-3-17-28/h6-13H,1-5,14-19H2,(H,26,29). The molecular formula is C25H31N3O5S. The fraction of sp³-hybridized carbons (Fsp3) is 0.440. The second kappa shape index (κ2) is 11.0. The molecular weight excluding hydrogens is 454 g/mol. The van der Waals surface area contributed by atoms with Crippen LogP contribution in [0, 0.1) is 0 Å². The van der Waals surface area contributed by atoms with Gasteiger partial charge in [0, 0.05) is 37.6 Å². The van der Waals surface area contributed by atoms with E-state index >= 15 is 0 Å². The Balaban J connectivity index is 1.23. The summed E-state index contributed by atoms with van der Waals surface area (Å²) in [6.07, 6.45) is 5.16. The van der Waals surface area contributed by atoms with Crippen LogP contribution < -0.4 is 10.2 Å². The topological polar surface area (TPSA) is 96.0 Å². The number of benzene rings is 2. The van der Waals surface area contributed by atoms with E-state index in [0.717, 1.165) is 38.0 Å². The summed E-state index contributed by atoms with van der Waals surface area (Å²) in [5.74, 6) is -0.962. The van der Waals surface area contributed by atoms with Crippen molar-refractivity contribution >= 4 is 33.3 Å². The van der Waals surface area contributed by atoms with Crippen molar-refractivity contribution in [1.82, 2.24) is 4.31 Å². The lowest BCUT2D eigenvalue weighted by Crippen LogP contribution is -2.35. The lowest BCUT2D eigenvalue weighted by atomic mass is 10.1. The predicted octanol–water partition coefficient (Wildman–Crippen LogP) is 3.19. The highest BCUT2D eigenvalue weighted by molar-refractivity contribution is 7.89. The average Bonchev–Trinajstić information content (AvgIpc) is 3.39. The molecule has 2 heterocycles. The van der Waals surface area contributed by atoms with E-state index in [-0.39, 0.29) is 17.9 Å². The van der Waals surface area contributed by atoms with Crippen LogP contribution in [-0.4, -0.2) is 57.4 Å². The van der Waals surface area contributed by atoms with E-state index in [0.29, 0.717) is 24.3 Å². The summed E-state index contributed by atoms with van der Waals surface area (Å²) in [6, 6.07) is 13.9. The zero-order valence-electron chi connectivity index (χ0n) is 19.2. The predicted molar refractivity (Wildman–Crippen MR) is 130 cm³/mol. The number of piperidine rings is 1. The molecule has 2 aliphatic rings. The molecule has 2 saturated heterocycles. The maximum Gasteiger partial charge on any atom is 0.310 e. The zero-order chi connectivity index (χ0) is 24.0. The van der Waals surface area contributed by atoms with E-state index in [1.165, 1.54) is 29.3 Å². The number of esters is 1. The fourth-order valence-electron chi connectivity index (χ4n) is 4.33. The SMILES string of the molecule is O=C(COC(=O)Cc1ccc(S(=O)(=O)N2CCCCC2)cc1)Nc1ccc(N2CCCC2)cc1. The number of hydrogen-bond donors (Lipinski definition) is 1. The second-order valence-corrected chi connectivity index (χ2v) is 10.7. The van der Waals surface area contributed by atoms with Crippen LogP contribution in [0.4, 0.5) is 11.4 Å². The molecule has 1 N–H and O–H groups in total. The van der Waals surface area contributed by atoms with Gasteiger partial charge in [-0.15, -0.1) is 0 Å². The highest BCUT2D eigenvalue weighted by atomic mass is 32.2. The summed E-state index contributed by atoms with van der Waals surface area (Å²) in [7, 11) is -3.50. The first-order valence-electron chi connectivity index (χ1n) is 11.8. The minimum Gasteiger partial charge on any atom is -0.455 e. The van der Waals surface area contributed by atoms with E-state index in [2.05, 4.69) is 10.2 Å². The summed E-state index contributed by atoms with van der Waals surface area (Å²) in [5.41, 5.74) is 2.41. The van der Waals surface area contributed by atoms with Crippen molar-refractivity contribution in [2.45, 2.75) is 43.4 Å². The molecule has 9 heteroatoms. The van der Waals surface area contributed by atoms with E-state index in [1.54, 1.807) is 12.1 Å². The molecule has 0 bridgehead atoms. The van der Waals surface area contributed by atoms with Gasteiger partial charge in [-0.2, -0.15) is 4.31 Å². The third-order valence-corrected chi connectivity index (χ3v) is 8.12. The van der Waals surface area contributed by atoms with E-state index in [9.17, 15) is 18.0 Å². The molecule has 1 amide bonds. The molecule has 2 aliphatic heterocycles. The molecule has 0 atom stereocenters. The molecule has 2 aromatic rings. The molecule has 0 aromatic heterocycles. The third kappa shape index (κ3) is 6.15. The zero-order valence-corrected chi connectivity index (χ0v) is 20.1. The van der Waals surface area contributed by atoms with Crippen molar-refractivity contribution in [3.05, 3.63) is 54.1 Å². The Morgan fingerprint density at radius 1 is 0.824 bits per heavy atom. The molecule has 0 aliphatic carbocycles. The minimum atomic E-state index is -3.50. The molecule has 0 radical (unpaired) electrons. The van der Waals surface area contributed by atoms with Gasteiger partial charge in [-0.05, 0) is 67.6 Å². The number of rotatable bonds is 8. The van der Waals surface area contributed by atoms with E-state index in [4.69, 9.17) is 4.74 Å². The van der Waals surface area contributed by atoms with Gasteiger partial charge in [-0.25, -0.2) is 8.42 Å². The Hall–Kier alpha value is -2.91. The molecule has 0 saturated carbocycles. The van der Waals surface area contributed by atoms with Gasteiger partial charge in [-0.3, -0.25) is 9.59 Å². The maximum atomic E-state index is 12.7. The Bertz CT molecular complexity index is 1090. The van der Waals surface area contributed by atoms with E-state index in [1.807, 2.05) is 24.3 Å². The van der Waals surface area contributed by atoms with Crippen LogP contribution >= 0.6 is 0 Å². The molecule has 182 valence electrons. The third-order valence-electron chi connectivity index (χ3n) is 6.21. The van der Waals surface area contributed by atoms with Crippen molar-refractivity contribution in [2.24, 2.45) is 0 Å². The highest BCUT2D eigenvalue weighted by Gasteiger charge is 2.25. The number of ether oxygens (including phenoxy) is 1.